The molecule has 1 aromatic heterocycles. The summed E-state index contributed by atoms with van der Waals surface area (Å²) in [7, 11) is -1.80. The number of methoxy groups -OCH3 is 1. The van der Waals surface area contributed by atoms with Crippen molar-refractivity contribution in [2.24, 2.45) is 0 Å². The first-order valence-electron chi connectivity index (χ1n) is 9.63. The Morgan fingerprint density at radius 1 is 1.13 bits per heavy atom. The second kappa shape index (κ2) is 7.99. The number of fused-ring (bicyclic) bond motifs is 1. The summed E-state index contributed by atoms with van der Waals surface area (Å²) in [6.07, 6.45) is 1.69. The van der Waals surface area contributed by atoms with Crippen LogP contribution < -0.4 is 14.6 Å². The monoisotopic (exact) mass is 439 g/mol. The molecule has 0 bridgehead atoms. The Bertz CT molecular complexity index is 1330. The fourth-order valence-corrected chi connectivity index (χ4v) is 4.64. The lowest BCUT2D eigenvalue weighted by molar-refractivity contribution is 0.0965. The Morgan fingerprint density at radius 2 is 1.90 bits per heavy atom. The average Bonchev–Trinajstić information content (AvgIpc) is 3.19. The predicted molar refractivity (Wildman–Crippen MR) is 117 cm³/mol. The van der Waals surface area contributed by atoms with Crippen LogP contribution in [0.25, 0.3) is 11.3 Å². The van der Waals surface area contributed by atoms with Crippen LogP contribution in [0.3, 0.4) is 0 Å². The number of carbonyl (C=O) groups excluding carboxylic acids is 1. The smallest absolute Gasteiger partial charge is 0.267 e. The third-order valence-corrected chi connectivity index (χ3v) is 6.38. The van der Waals surface area contributed by atoms with E-state index in [4.69, 9.17) is 4.74 Å². The number of hydrogen-bond donors (Lipinski definition) is 0. The molecule has 0 unspecified atom stereocenters. The third kappa shape index (κ3) is 4.09. The molecule has 8 nitrogen and oxygen atoms in total. The molecule has 1 aliphatic heterocycles. The molecule has 160 valence electrons. The molecule has 0 spiro atoms. The highest BCUT2D eigenvalue weighted by Gasteiger charge is 2.26. The van der Waals surface area contributed by atoms with Crippen LogP contribution in [0.1, 0.15) is 15.9 Å². The van der Waals surface area contributed by atoms with Crippen molar-refractivity contribution < 1.29 is 17.9 Å². The van der Waals surface area contributed by atoms with Gasteiger partial charge in [0.15, 0.2) is 5.78 Å². The van der Waals surface area contributed by atoms with Gasteiger partial charge in [-0.1, -0.05) is 12.1 Å². The van der Waals surface area contributed by atoms with Gasteiger partial charge >= 0.3 is 0 Å². The number of carbonyl (C=O) groups is 1. The maximum Gasteiger partial charge on any atom is 0.267 e. The van der Waals surface area contributed by atoms with Crippen molar-refractivity contribution in [1.29, 1.82) is 0 Å². The zero-order chi connectivity index (χ0) is 22.2. The Kier molecular flexibility index (Phi) is 5.36. The van der Waals surface area contributed by atoms with Gasteiger partial charge in [-0.25, -0.2) is 13.1 Å². The molecule has 0 saturated carbocycles. The molecule has 0 radical (unpaired) electrons. The summed E-state index contributed by atoms with van der Waals surface area (Å²) in [4.78, 5) is 25.2. The van der Waals surface area contributed by atoms with Gasteiger partial charge < -0.3 is 4.74 Å². The number of sulfonamides is 1. The second-order valence-corrected chi connectivity index (χ2v) is 9.17. The van der Waals surface area contributed by atoms with Crippen LogP contribution in [0.15, 0.2) is 59.4 Å². The first kappa shape index (κ1) is 20.8. The van der Waals surface area contributed by atoms with E-state index in [2.05, 4.69) is 5.10 Å². The maximum atomic E-state index is 12.9. The number of nitrogens with zero attached hydrogens (tertiary/aromatic N) is 3. The van der Waals surface area contributed by atoms with Crippen molar-refractivity contribution in [2.75, 3.05) is 24.2 Å². The Hall–Kier alpha value is -3.46. The molecule has 0 fully saturated rings. The molecule has 9 heteroatoms. The summed E-state index contributed by atoms with van der Waals surface area (Å²) in [5.74, 6) is 0.327. The molecule has 0 amide bonds. The van der Waals surface area contributed by atoms with E-state index in [1.807, 2.05) is 18.2 Å². The van der Waals surface area contributed by atoms with Crippen LogP contribution in [0.5, 0.6) is 5.75 Å². The molecule has 31 heavy (non-hydrogen) atoms. The van der Waals surface area contributed by atoms with Gasteiger partial charge in [-0.3, -0.25) is 13.9 Å². The van der Waals surface area contributed by atoms with E-state index < -0.39 is 15.6 Å². The highest BCUT2D eigenvalue weighted by atomic mass is 32.2. The second-order valence-electron chi connectivity index (χ2n) is 7.27. The predicted octanol–water partition coefficient (Wildman–Crippen LogP) is 2.12. The number of ketones is 1. The Morgan fingerprint density at radius 3 is 2.65 bits per heavy atom. The fourth-order valence-electron chi connectivity index (χ4n) is 3.68. The van der Waals surface area contributed by atoms with E-state index in [9.17, 15) is 18.0 Å². The van der Waals surface area contributed by atoms with Crippen molar-refractivity contribution in [2.45, 2.75) is 13.0 Å². The van der Waals surface area contributed by atoms with Gasteiger partial charge in [0.2, 0.25) is 10.0 Å². The standard InChI is InChI=1S/C22H21N3O5S/c1-30-21-6-4-3-5-17(21)18-8-10-22(27)24(23-18)14-20(26)16-7-9-19-15(13-16)11-12-25(19)31(2,28)29/h3-10,13H,11-12,14H2,1-2H3. The lowest BCUT2D eigenvalue weighted by Crippen LogP contribution is -2.27. The molecule has 1 aliphatic rings. The minimum Gasteiger partial charge on any atom is -0.496 e. The van der Waals surface area contributed by atoms with Crippen molar-refractivity contribution >= 4 is 21.5 Å². The zero-order valence-corrected chi connectivity index (χ0v) is 17.9. The zero-order valence-electron chi connectivity index (χ0n) is 17.1. The Balaban J connectivity index is 1.62. The normalized spacial score (nSPS) is 13.2. The number of hydrogen-bond acceptors (Lipinski definition) is 6. The van der Waals surface area contributed by atoms with Crippen molar-refractivity contribution in [3.05, 3.63) is 76.1 Å². The fraction of sp³-hybridized carbons (Fsp3) is 0.227. The first-order valence-corrected chi connectivity index (χ1v) is 11.5. The van der Waals surface area contributed by atoms with E-state index in [0.717, 1.165) is 16.5 Å². The van der Waals surface area contributed by atoms with Crippen LogP contribution in [-0.4, -0.2) is 43.9 Å². The summed E-state index contributed by atoms with van der Waals surface area (Å²) in [5.41, 5.74) is 2.63. The largest absolute Gasteiger partial charge is 0.496 e. The number of benzene rings is 2. The SMILES string of the molecule is COc1ccccc1-c1ccc(=O)n(CC(=O)c2ccc3c(c2)CCN3S(C)(=O)=O)n1. The number of anilines is 1. The van der Waals surface area contributed by atoms with Gasteiger partial charge in [-0.2, -0.15) is 5.10 Å². The molecule has 4 rings (SSSR count). The number of aromatic nitrogens is 2. The topological polar surface area (TPSA) is 98.6 Å². The summed E-state index contributed by atoms with van der Waals surface area (Å²) < 4.78 is 31.6. The third-order valence-electron chi connectivity index (χ3n) is 5.20. The van der Waals surface area contributed by atoms with Gasteiger partial charge in [0.05, 0.1) is 24.7 Å². The van der Waals surface area contributed by atoms with Crippen LogP contribution in [0.2, 0.25) is 0 Å². The molecule has 0 aliphatic carbocycles. The minimum absolute atomic E-state index is 0.226. The molecule has 0 N–H and O–H groups in total. The molecule has 3 aromatic rings. The lowest BCUT2D eigenvalue weighted by Gasteiger charge is -2.16. The molecule has 0 saturated heterocycles. The summed E-state index contributed by atoms with van der Waals surface area (Å²) in [6, 6.07) is 15.2. The first-order chi connectivity index (χ1) is 14.8. The van der Waals surface area contributed by atoms with Gasteiger partial charge in [0.1, 0.15) is 12.3 Å². The van der Waals surface area contributed by atoms with E-state index in [1.54, 1.807) is 37.4 Å². The van der Waals surface area contributed by atoms with Gasteiger partial charge in [-0.05, 0) is 48.4 Å². The van der Waals surface area contributed by atoms with E-state index in [1.165, 1.54) is 10.4 Å². The summed E-state index contributed by atoms with van der Waals surface area (Å²) in [6.45, 7) is 0.129. The Labute approximate surface area is 179 Å². The minimum atomic E-state index is -3.36. The van der Waals surface area contributed by atoms with Gasteiger partial charge in [0.25, 0.3) is 5.56 Å². The molecular formula is C22H21N3O5S. The van der Waals surface area contributed by atoms with Crippen molar-refractivity contribution in [3.8, 4) is 17.0 Å². The molecular weight excluding hydrogens is 418 g/mol. The van der Waals surface area contributed by atoms with E-state index in [0.29, 0.717) is 41.2 Å². The van der Waals surface area contributed by atoms with Crippen molar-refractivity contribution in [3.63, 3.8) is 0 Å². The van der Waals surface area contributed by atoms with Crippen LogP contribution >= 0.6 is 0 Å². The average molecular weight is 439 g/mol. The number of ether oxygens (including phenoxy) is 1. The van der Waals surface area contributed by atoms with Gasteiger partial charge in [-0.15, -0.1) is 0 Å². The van der Waals surface area contributed by atoms with Crippen molar-refractivity contribution in [1.82, 2.24) is 9.78 Å². The number of rotatable bonds is 6. The lowest BCUT2D eigenvalue weighted by atomic mass is 10.1. The van der Waals surface area contributed by atoms with E-state index >= 15 is 0 Å². The summed E-state index contributed by atoms with van der Waals surface area (Å²) in [5, 5.41) is 4.35. The molecule has 2 aromatic carbocycles. The van der Waals surface area contributed by atoms with Gasteiger partial charge in [0, 0.05) is 23.7 Å². The van der Waals surface area contributed by atoms with Crippen LogP contribution in [-0.2, 0) is 23.0 Å². The van der Waals surface area contributed by atoms with Crippen LogP contribution in [0, 0.1) is 0 Å². The quantitative estimate of drug-likeness (QED) is 0.546. The van der Waals surface area contributed by atoms with E-state index in [-0.39, 0.29) is 12.3 Å². The van der Waals surface area contributed by atoms with Crippen LogP contribution in [0.4, 0.5) is 5.69 Å². The molecule has 2 heterocycles. The summed E-state index contributed by atoms with van der Waals surface area (Å²) >= 11 is 0. The highest BCUT2D eigenvalue weighted by molar-refractivity contribution is 7.92. The maximum absolute atomic E-state index is 12.9. The number of Topliss-reactive ketones (excluding diaryl/α,β-unsaturated/α-hetero) is 1. The molecule has 0 atom stereocenters. The highest BCUT2D eigenvalue weighted by Crippen LogP contribution is 2.31. The number of para-hydroxylation sites is 1.